The van der Waals surface area contributed by atoms with Gasteiger partial charge in [-0.2, -0.15) is 0 Å². The number of hydrogen-bond acceptors (Lipinski definition) is 3. The van der Waals surface area contributed by atoms with E-state index in [2.05, 4.69) is 31.0 Å². The Morgan fingerprint density at radius 1 is 1.11 bits per heavy atom. The van der Waals surface area contributed by atoms with Gasteiger partial charge in [-0.15, -0.1) is 0 Å². The molecule has 1 saturated carbocycles. The van der Waals surface area contributed by atoms with E-state index in [1.165, 1.54) is 57.6 Å². The summed E-state index contributed by atoms with van der Waals surface area (Å²) in [5.74, 6) is 1.26. The second-order valence-electron chi connectivity index (χ2n) is 9.65. The van der Waals surface area contributed by atoms with Gasteiger partial charge in [-0.3, -0.25) is 4.99 Å². The van der Waals surface area contributed by atoms with Gasteiger partial charge in [-0.25, -0.2) is 8.42 Å². The van der Waals surface area contributed by atoms with Gasteiger partial charge < -0.3 is 10.2 Å². The van der Waals surface area contributed by atoms with Crippen LogP contribution in [0.3, 0.4) is 0 Å². The average molecular weight is 400 g/mol. The molecule has 6 heteroatoms. The fraction of sp³-hybridized carbons (Fsp3) is 0.952. The third kappa shape index (κ3) is 7.63. The lowest BCUT2D eigenvalue weighted by Crippen LogP contribution is -2.50. The summed E-state index contributed by atoms with van der Waals surface area (Å²) in [5, 5.41) is 3.49. The van der Waals surface area contributed by atoms with Crippen molar-refractivity contribution in [1.29, 1.82) is 0 Å². The molecule has 5 nitrogen and oxygen atoms in total. The van der Waals surface area contributed by atoms with Gasteiger partial charge in [0, 0.05) is 32.4 Å². The first-order valence-corrected chi connectivity index (χ1v) is 12.9. The number of guanidine groups is 1. The van der Waals surface area contributed by atoms with Crippen molar-refractivity contribution in [1.82, 2.24) is 10.2 Å². The Labute approximate surface area is 167 Å². The second kappa shape index (κ2) is 9.62. The maximum absolute atomic E-state index is 11.5. The van der Waals surface area contributed by atoms with E-state index in [1.54, 1.807) is 0 Å². The molecule has 1 N–H and O–H groups in total. The lowest BCUT2D eigenvalue weighted by Gasteiger charge is -2.44. The molecule has 2 aliphatic rings. The Morgan fingerprint density at radius 3 is 2.33 bits per heavy atom. The molecule has 0 aromatic rings. The lowest BCUT2D eigenvalue weighted by atomic mass is 9.74. The molecular weight excluding hydrogens is 358 g/mol. The first kappa shape index (κ1) is 22.5. The number of rotatable bonds is 6. The highest BCUT2D eigenvalue weighted by atomic mass is 32.2. The summed E-state index contributed by atoms with van der Waals surface area (Å²) in [6, 6.07) is 0. The van der Waals surface area contributed by atoms with Crippen molar-refractivity contribution in [2.75, 3.05) is 38.2 Å². The zero-order valence-electron chi connectivity index (χ0n) is 18.0. The number of hydrogen-bond donors (Lipinski definition) is 1. The van der Waals surface area contributed by atoms with Crippen molar-refractivity contribution < 1.29 is 8.42 Å². The van der Waals surface area contributed by atoms with Crippen LogP contribution in [0.1, 0.15) is 78.6 Å². The quantitative estimate of drug-likeness (QED) is 0.544. The molecule has 0 aromatic heterocycles. The molecule has 0 bridgehead atoms. The van der Waals surface area contributed by atoms with Crippen LogP contribution in [0.4, 0.5) is 0 Å². The minimum atomic E-state index is -2.92. The second-order valence-corrected chi connectivity index (χ2v) is 11.9. The van der Waals surface area contributed by atoms with Gasteiger partial charge in [0.05, 0.1) is 5.75 Å². The largest absolute Gasteiger partial charge is 0.357 e. The predicted molar refractivity (Wildman–Crippen MR) is 115 cm³/mol. The van der Waals surface area contributed by atoms with Crippen LogP contribution >= 0.6 is 0 Å². The summed E-state index contributed by atoms with van der Waals surface area (Å²) in [4.78, 5) is 7.42. The number of likely N-dealkylation sites (tertiary alicyclic amines) is 1. The summed E-state index contributed by atoms with van der Waals surface area (Å²) in [6.07, 6.45) is 12.8. The fourth-order valence-corrected chi connectivity index (χ4v) is 5.45. The molecular formula is C21H41N3O2S. The van der Waals surface area contributed by atoms with Crippen molar-refractivity contribution in [2.24, 2.45) is 15.8 Å². The van der Waals surface area contributed by atoms with Crippen LogP contribution in [0, 0.1) is 10.8 Å². The maximum atomic E-state index is 11.5. The van der Waals surface area contributed by atoms with E-state index >= 15 is 0 Å². The van der Waals surface area contributed by atoms with Crippen LogP contribution in [-0.4, -0.2) is 57.5 Å². The lowest BCUT2D eigenvalue weighted by molar-refractivity contribution is 0.115. The molecule has 1 aliphatic heterocycles. The number of aliphatic imine (C=N–C) groups is 1. The normalized spacial score (nSPS) is 21.9. The highest BCUT2D eigenvalue weighted by Crippen LogP contribution is 2.42. The van der Waals surface area contributed by atoms with Gasteiger partial charge in [0.1, 0.15) is 9.84 Å². The fourth-order valence-electron chi connectivity index (χ4n) is 4.53. The Balaban J connectivity index is 2.05. The zero-order valence-corrected chi connectivity index (χ0v) is 18.8. The minimum absolute atomic E-state index is 0.112. The molecule has 2 fully saturated rings. The molecule has 0 amide bonds. The van der Waals surface area contributed by atoms with E-state index in [0.29, 0.717) is 18.4 Å². The first-order valence-electron chi connectivity index (χ1n) is 10.9. The molecule has 0 aromatic carbocycles. The van der Waals surface area contributed by atoms with Gasteiger partial charge >= 0.3 is 0 Å². The van der Waals surface area contributed by atoms with Crippen molar-refractivity contribution in [3.8, 4) is 0 Å². The first-order chi connectivity index (χ1) is 12.6. The summed E-state index contributed by atoms with van der Waals surface area (Å²) >= 11 is 0. The van der Waals surface area contributed by atoms with Gasteiger partial charge in [0.2, 0.25) is 0 Å². The van der Waals surface area contributed by atoms with Crippen LogP contribution in [-0.2, 0) is 9.84 Å². The summed E-state index contributed by atoms with van der Waals surface area (Å²) in [7, 11) is -2.92. The predicted octanol–water partition coefficient (Wildman–Crippen LogP) is 3.85. The van der Waals surface area contributed by atoms with Gasteiger partial charge in [0.25, 0.3) is 0 Å². The molecule has 2 rings (SSSR count). The van der Waals surface area contributed by atoms with Crippen molar-refractivity contribution >= 4 is 15.8 Å². The standard InChI is InChI=1S/C21H41N3O2S/c1-5-22-19(23-17-20(2,3)14-16-27(4,25)26)24-15-10-13-21(18-24)11-8-6-7-9-12-21/h5-18H2,1-4H3,(H,22,23). The van der Waals surface area contributed by atoms with E-state index in [-0.39, 0.29) is 11.2 Å². The van der Waals surface area contributed by atoms with Crippen LogP contribution in [0.2, 0.25) is 0 Å². The van der Waals surface area contributed by atoms with E-state index in [0.717, 1.165) is 25.6 Å². The molecule has 158 valence electrons. The molecule has 1 aliphatic carbocycles. The zero-order chi connectivity index (χ0) is 20.0. The number of nitrogens with zero attached hydrogens (tertiary/aromatic N) is 2. The average Bonchev–Trinajstić information content (AvgIpc) is 2.82. The Bertz CT molecular complexity index is 591. The molecule has 0 atom stereocenters. The SMILES string of the molecule is CCNC(=NCC(C)(C)CCS(C)(=O)=O)N1CCCC2(CCCCCC2)C1. The third-order valence-electron chi connectivity index (χ3n) is 6.27. The third-order valence-corrected chi connectivity index (χ3v) is 7.21. The monoisotopic (exact) mass is 399 g/mol. The van der Waals surface area contributed by atoms with Crippen molar-refractivity contribution in [2.45, 2.75) is 78.6 Å². The van der Waals surface area contributed by atoms with Crippen molar-refractivity contribution in [3.63, 3.8) is 0 Å². The minimum Gasteiger partial charge on any atom is -0.357 e. The Morgan fingerprint density at radius 2 is 1.74 bits per heavy atom. The molecule has 27 heavy (non-hydrogen) atoms. The summed E-state index contributed by atoms with van der Waals surface area (Å²) in [6.45, 7) is 10.1. The number of sulfone groups is 1. The topological polar surface area (TPSA) is 61.8 Å². The van der Waals surface area contributed by atoms with E-state index in [4.69, 9.17) is 4.99 Å². The summed E-state index contributed by atoms with van der Waals surface area (Å²) < 4.78 is 23.0. The number of nitrogens with one attached hydrogen (secondary N) is 1. The van der Waals surface area contributed by atoms with Gasteiger partial charge in [0.15, 0.2) is 5.96 Å². The van der Waals surface area contributed by atoms with Crippen LogP contribution in [0.5, 0.6) is 0 Å². The van der Waals surface area contributed by atoms with Crippen LogP contribution in [0.25, 0.3) is 0 Å². The maximum Gasteiger partial charge on any atom is 0.193 e. The van der Waals surface area contributed by atoms with Gasteiger partial charge in [-0.1, -0.05) is 39.5 Å². The molecule has 0 unspecified atom stereocenters. The number of piperidine rings is 1. The van der Waals surface area contributed by atoms with Crippen LogP contribution in [0.15, 0.2) is 4.99 Å². The van der Waals surface area contributed by atoms with Gasteiger partial charge in [-0.05, 0) is 49.9 Å². The smallest absolute Gasteiger partial charge is 0.193 e. The van der Waals surface area contributed by atoms with E-state index < -0.39 is 9.84 Å². The Kier molecular flexibility index (Phi) is 8.02. The molecule has 1 heterocycles. The van der Waals surface area contributed by atoms with E-state index in [9.17, 15) is 8.42 Å². The summed E-state index contributed by atoms with van der Waals surface area (Å²) in [5.41, 5.74) is 0.371. The Hall–Kier alpha value is -0.780. The molecule has 1 spiro atoms. The highest BCUT2D eigenvalue weighted by molar-refractivity contribution is 7.90. The van der Waals surface area contributed by atoms with E-state index in [1.807, 2.05) is 0 Å². The highest BCUT2D eigenvalue weighted by Gasteiger charge is 2.36. The van der Waals surface area contributed by atoms with Crippen LogP contribution < -0.4 is 5.32 Å². The molecule has 0 radical (unpaired) electrons. The molecule has 1 saturated heterocycles. The van der Waals surface area contributed by atoms with Crippen molar-refractivity contribution in [3.05, 3.63) is 0 Å².